The molecule has 0 spiro atoms. The maximum Gasteiger partial charge on any atom is 0.336 e. The molecule has 2 aromatic rings. The van der Waals surface area contributed by atoms with Crippen molar-refractivity contribution >= 4 is 34.4 Å². The van der Waals surface area contributed by atoms with Gasteiger partial charge in [-0.1, -0.05) is 11.6 Å². The summed E-state index contributed by atoms with van der Waals surface area (Å²) in [4.78, 5) is 34.9. The third kappa shape index (κ3) is 5.09. The van der Waals surface area contributed by atoms with Gasteiger partial charge >= 0.3 is 5.63 Å². The standard InChI is InChI=1S/C21H24ClNO6/c1-11-7-19(24)29-17-9-18(16(22)8-15(11)17)28-12(2)20(25)23-10-13-3-5-14(6-4-13)21(26)27/h7-9,12-14H,3-6,10H2,1-2H3,(H,23,25)(H,26,27)/p-1/t12-,13?,14?/m0/s1. The van der Waals surface area contributed by atoms with Crippen LogP contribution in [0.3, 0.4) is 0 Å². The Kier molecular flexibility index (Phi) is 6.47. The van der Waals surface area contributed by atoms with Crippen molar-refractivity contribution in [3.8, 4) is 5.75 Å². The Hall–Kier alpha value is -2.54. The van der Waals surface area contributed by atoms with Gasteiger partial charge in [0.05, 0.1) is 5.02 Å². The van der Waals surface area contributed by atoms with Crippen LogP contribution in [0.15, 0.2) is 27.4 Å². The Balaban J connectivity index is 1.59. The number of carboxylic acid groups (broad SMARTS) is 1. The largest absolute Gasteiger partial charge is 0.550 e. The predicted molar refractivity (Wildman–Crippen MR) is 106 cm³/mol. The molecule has 3 rings (SSSR count). The molecule has 0 bridgehead atoms. The highest BCUT2D eigenvalue weighted by atomic mass is 35.5. The van der Waals surface area contributed by atoms with E-state index in [4.69, 9.17) is 20.8 Å². The van der Waals surface area contributed by atoms with Gasteiger partial charge in [-0.25, -0.2) is 4.79 Å². The molecule has 29 heavy (non-hydrogen) atoms. The molecule has 1 saturated carbocycles. The van der Waals surface area contributed by atoms with Gasteiger partial charge in [0.25, 0.3) is 5.91 Å². The van der Waals surface area contributed by atoms with Crippen LogP contribution in [0.2, 0.25) is 5.02 Å². The Morgan fingerprint density at radius 2 is 1.97 bits per heavy atom. The van der Waals surface area contributed by atoms with Gasteiger partial charge in [0.15, 0.2) is 6.10 Å². The second-order valence-electron chi connectivity index (χ2n) is 7.57. The number of amides is 1. The summed E-state index contributed by atoms with van der Waals surface area (Å²) < 4.78 is 10.9. The van der Waals surface area contributed by atoms with Crippen molar-refractivity contribution in [1.29, 1.82) is 0 Å². The molecule has 1 heterocycles. The number of ether oxygens (including phenoxy) is 1. The molecule has 0 unspecified atom stereocenters. The Labute approximate surface area is 173 Å². The Bertz CT molecular complexity index is 977. The molecular formula is C21H23ClNO6-. The van der Waals surface area contributed by atoms with Gasteiger partial charge in [0.2, 0.25) is 0 Å². The zero-order chi connectivity index (χ0) is 21.1. The Morgan fingerprint density at radius 3 is 2.62 bits per heavy atom. The van der Waals surface area contributed by atoms with E-state index in [1.807, 2.05) is 0 Å². The van der Waals surface area contributed by atoms with Crippen LogP contribution in [0, 0.1) is 18.8 Å². The maximum atomic E-state index is 12.4. The fraction of sp³-hybridized carbons (Fsp3) is 0.476. The summed E-state index contributed by atoms with van der Waals surface area (Å²) in [5.74, 6) is -1.18. The zero-order valence-corrected chi connectivity index (χ0v) is 17.1. The number of fused-ring (bicyclic) bond motifs is 1. The summed E-state index contributed by atoms with van der Waals surface area (Å²) in [5, 5.41) is 14.8. The number of carboxylic acids is 1. The average molecular weight is 421 g/mol. The first kappa shape index (κ1) is 21.2. The average Bonchev–Trinajstić information content (AvgIpc) is 2.67. The van der Waals surface area contributed by atoms with Crippen LogP contribution in [0.1, 0.15) is 38.2 Å². The van der Waals surface area contributed by atoms with Crippen LogP contribution in [0.25, 0.3) is 11.0 Å². The van der Waals surface area contributed by atoms with Gasteiger partial charge in [-0.2, -0.15) is 0 Å². The van der Waals surface area contributed by atoms with Crippen LogP contribution in [0.5, 0.6) is 5.75 Å². The van der Waals surface area contributed by atoms with Gasteiger partial charge in [0.1, 0.15) is 11.3 Å². The lowest BCUT2D eigenvalue weighted by Crippen LogP contribution is -2.40. The summed E-state index contributed by atoms with van der Waals surface area (Å²) in [7, 11) is 0. The van der Waals surface area contributed by atoms with Crippen LogP contribution in [-0.2, 0) is 9.59 Å². The lowest BCUT2D eigenvalue weighted by atomic mass is 9.82. The zero-order valence-electron chi connectivity index (χ0n) is 16.3. The first-order chi connectivity index (χ1) is 13.7. The first-order valence-electron chi connectivity index (χ1n) is 9.64. The molecule has 1 aromatic carbocycles. The van der Waals surface area contributed by atoms with Gasteiger partial charge in [-0.3, -0.25) is 4.79 Å². The highest BCUT2D eigenvalue weighted by Crippen LogP contribution is 2.32. The van der Waals surface area contributed by atoms with Gasteiger partial charge < -0.3 is 24.4 Å². The number of carbonyl (C=O) groups excluding carboxylic acids is 2. The fourth-order valence-electron chi connectivity index (χ4n) is 3.64. The fourth-order valence-corrected chi connectivity index (χ4v) is 3.85. The highest BCUT2D eigenvalue weighted by molar-refractivity contribution is 6.32. The van der Waals surface area contributed by atoms with Crippen molar-refractivity contribution in [3.05, 3.63) is 39.2 Å². The lowest BCUT2D eigenvalue weighted by Gasteiger charge is -2.29. The third-order valence-corrected chi connectivity index (χ3v) is 5.72. The molecule has 0 saturated heterocycles. The summed E-state index contributed by atoms with van der Waals surface area (Å²) in [6.07, 6.45) is 1.82. The third-order valence-electron chi connectivity index (χ3n) is 5.42. The van der Waals surface area contributed by atoms with E-state index in [1.54, 1.807) is 19.9 Å². The molecule has 1 aromatic heterocycles. The molecular weight excluding hydrogens is 398 g/mol. The summed E-state index contributed by atoms with van der Waals surface area (Å²) in [5.41, 5.74) is 0.609. The molecule has 0 aliphatic heterocycles. The Morgan fingerprint density at radius 1 is 1.28 bits per heavy atom. The van der Waals surface area contributed by atoms with Crippen molar-refractivity contribution in [2.75, 3.05) is 6.54 Å². The van der Waals surface area contributed by atoms with Crippen LogP contribution in [-0.4, -0.2) is 24.5 Å². The second-order valence-corrected chi connectivity index (χ2v) is 7.98. The SMILES string of the molecule is Cc1cc(=O)oc2cc(O[C@@H](C)C(=O)NCC3CCC(C(=O)[O-])CC3)c(Cl)cc12. The number of aryl methyl sites for hydroxylation is 1. The molecule has 1 atom stereocenters. The minimum atomic E-state index is -0.993. The smallest absolute Gasteiger partial charge is 0.336 e. The van der Waals surface area contributed by atoms with E-state index < -0.39 is 17.7 Å². The monoisotopic (exact) mass is 420 g/mol. The number of carbonyl (C=O) groups is 2. The van der Waals surface area contributed by atoms with Gasteiger partial charge in [0, 0.05) is 30.0 Å². The number of benzene rings is 1. The quantitative estimate of drug-likeness (QED) is 0.717. The number of rotatable bonds is 6. The minimum Gasteiger partial charge on any atom is -0.550 e. The molecule has 0 radical (unpaired) electrons. The van der Waals surface area contributed by atoms with E-state index in [9.17, 15) is 19.5 Å². The number of aliphatic carboxylic acids is 1. The number of hydrogen-bond donors (Lipinski definition) is 1. The van der Waals surface area contributed by atoms with Gasteiger partial charge in [-0.05, 0) is 63.0 Å². The van der Waals surface area contributed by atoms with E-state index in [0.29, 0.717) is 35.4 Å². The van der Waals surface area contributed by atoms with Crippen molar-refractivity contribution in [2.45, 2.75) is 45.6 Å². The molecule has 1 amide bonds. The van der Waals surface area contributed by atoms with Gasteiger partial charge in [-0.15, -0.1) is 0 Å². The molecule has 8 heteroatoms. The van der Waals surface area contributed by atoms with Crippen molar-refractivity contribution in [3.63, 3.8) is 0 Å². The predicted octanol–water partition coefficient (Wildman–Crippen LogP) is 2.19. The summed E-state index contributed by atoms with van der Waals surface area (Å²) >= 11 is 6.27. The maximum absolute atomic E-state index is 12.4. The van der Waals surface area contributed by atoms with Crippen LogP contribution in [0.4, 0.5) is 0 Å². The van der Waals surface area contributed by atoms with E-state index in [2.05, 4.69) is 5.32 Å². The molecule has 7 nitrogen and oxygen atoms in total. The highest BCUT2D eigenvalue weighted by Gasteiger charge is 2.24. The number of nitrogens with one attached hydrogen (secondary N) is 1. The molecule has 1 aliphatic rings. The van der Waals surface area contributed by atoms with Crippen molar-refractivity contribution in [2.24, 2.45) is 11.8 Å². The van der Waals surface area contributed by atoms with E-state index in [0.717, 1.165) is 18.4 Å². The van der Waals surface area contributed by atoms with E-state index >= 15 is 0 Å². The van der Waals surface area contributed by atoms with Crippen molar-refractivity contribution < 1.29 is 23.8 Å². The summed E-state index contributed by atoms with van der Waals surface area (Å²) in [6.45, 7) is 3.85. The van der Waals surface area contributed by atoms with E-state index in [-0.39, 0.29) is 23.5 Å². The number of halogens is 1. The molecule has 1 aliphatic carbocycles. The second kappa shape index (κ2) is 8.86. The number of hydrogen-bond acceptors (Lipinski definition) is 6. The molecule has 156 valence electrons. The first-order valence-corrected chi connectivity index (χ1v) is 10.0. The van der Waals surface area contributed by atoms with E-state index in [1.165, 1.54) is 12.1 Å². The molecule has 1 fully saturated rings. The summed E-state index contributed by atoms with van der Waals surface area (Å²) in [6, 6.07) is 4.54. The van der Waals surface area contributed by atoms with Crippen LogP contribution < -0.4 is 20.8 Å². The topological polar surface area (TPSA) is 109 Å². The van der Waals surface area contributed by atoms with Crippen LogP contribution >= 0.6 is 11.6 Å². The van der Waals surface area contributed by atoms with Crippen molar-refractivity contribution in [1.82, 2.24) is 5.32 Å². The normalized spacial score (nSPS) is 20.2. The lowest BCUT2D eigenvalue weighted by molar-refractivity contribution is -0.312. The molecule has 1 N–H and O–H groups in total. The minimum absolute atomic E-state index is 0.239.